The Kier molecular flexibility index (Phi) is 6.16. The van der Waals surface area contributed by atoms with E-state index >= 15 is 0 Å². The number of Topliss-reactive ketones (excluding diaryl/α,β-unsaturated/α-hetero) is 1. The zero-order valence-electron chi connectivity index (χ0n) is 18.9. The van der Waals surface area contributed by atoms with Gasteiger partial charge in [0, 0.05) is 55.4 Å². The van der Waals surface area contributed by atoms with Crippen LogP contribution >= 0.6 is 11.6 Å². The van der Waals surface area contributed by atoms with Gasteiger partial charge in [0.25, 0.3) is 5.91 Å². The summed E-state index contributed by atoms with van der Waals surface area (Å²) in [5.74, 6) is 0.396. The van der Waals surface area contributed by atoms with Crippen molar-refractivity contribution in [2.45, 2.75) is 32.1 Å². The van der Waals surface area contributed by atoms with Gasteiger partial charge in [-0.3, -0.25) is 9.59 Å². The lowest BCUT2D eigenvalue weighted by Crippen LogP contribution is -2.38. The normalized spacial score (nSPS) is 14.5. The first-order valence-corrected chi connectivity index (χ1v) is 11.8. The van der Waals surface area contributed by atoms with Crippen molar-refractivity contribution in [2.24, 2.45) is 0 Å². The Bertz CT molecular complexity index is 1350. The first-order chi connectivity index (χ1) is 16.5. The van der Waals surface area contributed by atoms with E-state index in [0.717, 1.165) is 29.6 Å². The number of ketones is 1. The smallest absolute Gasteiger partial charge is 0.253 e. The molecule has 0 radical (unpaired) electrons. The number of hydrogen-bond donors (Lipinski definition) is 0. The third-order valence-corrected chi connectivity index (χ3v) is 6.89. The topological polar surface area (TPSA) is 67.6 Å². The number of piperidine rings is 1. The Morgan fingerprint density at radius 3 is 2.59 bits per heavy atom. The van der Waals surface area contributed by atoms with Gasteiger partial charge in [0.2, 0.25) is 0 Å². The summed E-state index contributed by atoms with van der Waals surface area (Å²) in [6.07, 6.45) is 9.46. The maximum atomic E-state index is 13.2. The van der Waals surface area contributed by atoms with Crippen LogP contribution in [0.15, 0.2) is 67.3 Å². The number of benzene rings is 1. The molecule has 1 amide bonds. The van der Waals surface area contributed by atoms with Gasteiger partial charge in [-0.1, -0.05) is 23.7 Å². The third-order valence-electron chi connectivity index (χ3n) is 6.66. The Labute approximate surface area is 203 Å². The second-order valence-electron chi connectivity index (χ2n) is 8.83. The number of aryl methyl sites for hydroxylation is 1. The van der Waals surface area contributed by atoms with Crippen LogP contribution in [0.5, 0.6) is 0 Å². The highest BCUT2D eigenvalue weighted by molar-refractivity contribution is 6.29. The van der Waals surface area contributed by atoms with E-state index < -0.39 is 0 Å². The summed E-state index contributed by atoms with van der Waals surface area (Å²) in [4.78, 5) is 36.2. The first-order valence-electron chi connectivity index (χ1n) is 11.4. The molecule has 5 rings (SSSR count). The summed E-state index contributed by atoms with van der Waals surface area (Å²) in [5, 5.41) is 0.353. The third kappa shape index (κ3) is 4.59. The monoisotopic (exact) mass is 472 g/mol. The van der Waals surface area contributed by atoms with Crippen molar-refractivity contribution < 1.29 is 9.59 Å². The Balaban J connectivity index is 1.25. The van der Waals surface area contributed by atoms with Gasteiger partial charge in [0.05, 0.1) is 0 Å². The molecule has 1 aromatic carbocycles. The number of halogens is 1. The predicted octanol–water partition coefficient (Wildman–Crippen LogP) is 5.14. The number of carbonyl (C=O) groups is 2. The molecule has 1 aliphatic rings. The van der Waals surface area contributed by atoms with Crippen molar-refractivity contribution in [2.75, 3.05) is 13.1 Å². The second kappa shape index (κ2) is 9.39. The van der Waals surface area contributed by atoms with Crippen molar-refractivity contribution in [3.63, 3.8) is 0 Å². The molecule has 4 heterocycles. The van der Waals surface area contributed by atoms with Gasteiger partial charge >= 0.3 is 0 Å². The molecule has 1 aliphatic heterocycles. The van der Waals surface area contributed by atoms with Gasteiger partial charge in [-0.25, -0.2) is 9.97 Å². The Morgan fingerprint density at radius 1 is 1.03 bits per heavy atom. The van der Waals surface area contributed by atoms with E-state index in [9.17, 15) is 9.59 Å². The van der Waals surface area contributed by atoms with Crippen molar-refractivity contribution in [1.29, 1.82) is 0 Å². The number of aromatic nitrogens is 3. The van der Waals surface area contributed by atoms with E-state index in [1.165, 1.54) is 11.8 Å². The van der Waals surface area contributed by atoms with Crippen LogP contribution in [0, 0.1) is 6.92 Å². The van der Waals surface area contributed by atoms with E-state index in [0.29, 0.717) is 35.3 Å². The van der Waals surface area contributed by atoms with Crippen molar-refractivity contribution in [1.82, 2.24) is 19.3 Å². The lowest BCUT2D eigenvalue weighted by Gasteiger charge is -2.32. The summed E-state index contributed by atoms with van der Waals surface area (Å²) in [7, 11) is 0. The Morgan fingerprint density at radius 2 is 1.82 bits per heavy atom. The Hall–Kier alpha value is -3.51. The van der Waals surface area contributed by atoms with E-state index in [4.69, 9.17) is 11.6 Å². The molecule has 3 aromatic heterocycles. The lowest BCUT2D eigenvalue weighted by atomic mass is 9.90. The highest BCUT2D eigenvalue weighted by Gasteiger charge is 2.25. The van der Waals surface area contributed by atoms with Gasteiger partial charge in [-0.05, 0) is 72.7 Å². The summed E-state index contributed by atoms with van der Waals surface area (Å²) < 4.78 is 2.04. The zero-order valence-corrected chi connectivity index (χ0v) is 19.7. The van der Waals surface area contributed by atoms with Crippen molar-refractivity contribution in [3.8, 4) is 0 Å². The molecule has 4 aromatic rings. The van der Waals surface area contributed by atoms with Crippen molar-refractivity contribution >= 4 is 28.9 Å². The summed E-state index contributed by atoms with van der Waals surface area (Å²) in [5.41, 5.74) is 5.20. The largest absolute Gasteiger partial charge is 0.339 e. The minimum absolute atomic E-state index is 0.0189. The average molecular weight is 473 g/mol. The number of hydrogen-bond acceptors (Lipinski definition) is 4. The molecular formula is C27H25ClN4O2. The van der Waals surface area contributed by atoms with E-state index in [1.54, 1.807) is 18.3 Å². The standard InChI is InChI=1S/C27H25ClN4O2/c1-18-2-3-20(14-23(18)15-24(33)21-4-6-25(28)30-16-21)27(34)31-11-8-19(9-12-31)22-5-7-26-29-10-13-32(26)17-22/h2-7,10,13-14,16-17,19H,8-9,11-12,15H2,1H3. The molecule has 0 unspecified atom stereocenters. The minimum Gasteiger partial charge on any atom is -0.339 e. The predicted molar refractivity (Wildman–Crippen MR) is 132 cm³/mol. The lowest BCUT2D eigenvalue weighted by molar-refractivity contribution is 0.0712. The highest BCUT2D eigenvalue weighted by Crippen LogP contribution is 2.29. The van der Waals surface area contributed by atoms with E-state index in [2.05, 4.69) is 22.2 Å². The van der Waals surface area contributed by atoms with Crippen molar-refractivity contribution in [3.05, 3.63) is 100 Å². The molecule has 0 aliphatic carbocycles. The molecule has 0 spiro atoms. The molecule has 34 heavy (non-hydrogen) atoms. The van der Waals surface area contributed by atoms with Crippen LogP contribution in [0.1, 0.15) is 56.2 Å². The first kappa shape index (κ1) is 22.3. The summed E-state index contributed by atoms with van der Waals surface area (Å²) in [6, 6.07) is 13.1. The molecule has 1 fully saturated rings. The summed E-state index contributed by atoms with van der Waals surface area (Å²) in [6.45, 7) is 3.38. The van der Waals surface area contributed by atoms with Crippen LogP contribution in [-0.2, 0) is 6.42 Å². The number of fused-ring (bicyclic) bond motifs is 1. The summed E-state index contributed by atoms with van der Waals surface area (Å²) >= 11 is 5.83. The maximum Gasteiger partial charge on any atom is 0.253 e. The van der Waals surface area contributed by atoms with Crippen LogP contribution in [-0.4, -0.2) is 44.0 Å². The fourth-order valence-electron chi connectivity index (χ4n) is 4.59. The number of nitrogens with zero attached hydrogens (tertiary/aromatic N) is 4. The van der Waals surface area contributed by atoms with Crippen LogP contribution in [0.2, 0.25) is 5.15 Å². The van der Waals surface area contributed by atoms with Gasteiger partial charge in [-0.15, -0.1) is 0 Å². The molecule has 0 N–H and O–H groups in total. The van der Waals surface area contributed by atoms with Crippen LogP contribution in [0.25, 0.3) is 5.65 Å². The van der Waals surface area contributed by atoms with Crippen LogP contribution in [0.4, 0.5) is 0 Å². The average Bonchev–Trinajstić information content (AvgIpc) is 3.33. The second-order valence-corrected chi connectivity index (χ2v) is 9.22. The number of pyridine rings is 2. The number of likely N-dealkylation sites (tertiary alicyclic amines) is 1. The molecule has 1 saturated heterocycles. The molecule has 172 valence electrons. The maximum absolute atomic E-state index is 13.2. The fraction of sp³-hybridized carbons (Fsp3) is 0.259. The SMILES string of the molecule is Cc1ccc(C(=O)N2CCC(c3ccc4nccn4c3)CC2)cc1CC(=O)c1ccc(Cl)nc1. The van der Waals surface area contributed by atoms with Gasteiger partial charge < -0.3 is 9.30 Å². The molecule has 0 atom stereocenters. The van der Waals surface area contributed by atoms with Crippen LogP contribution in [0.3, 0.4) is 0 Å². The van der Waals surface area contributed by atoms with E-state index in [-0.39, 0.29) is 18.1 Å². The van der Waals surface area contributed by atoms with Gasteiger partial charge in [0.15, 0.2) is 5.78 Å². The fourth-order valence-corrected chi connectivity index (χ4v) is 4.70. The van der Waals surface area contributed by atoms with Gasteiger partial charge in [0.1, 0.15) is 10.8 Å². The zero-order chi connectivity index (χ0) is 23.7. The molecule has 0 bridgehead atoms. The van der Waals surface area contributed by atoms with Crippen LogP contribution < -0.4 is 0 Å². The molecule has 0 saturated carbocycles. The molecule has 7 heteroatoms. The molecular weight excluding hydrogens is 448 g/mol. The minimum atomic E-state index is -0.0486. The quantitative estimate of drug-likeness (QED) is 0.298. The van der Waals surface area contributed by atoms with E-state index in [1.807, 2.05) is 46.7 Å². The van der Waals surface area contributed by atoms with Gasteiger partial charge in [-0.2, -0.15) is 0 Å². The molecule has 6 nitrogen and oxygen atoms in total. The number of rotatable bonds is 5. The number of carbonyl (C=O) groups excluding carboxylic acids is 2. The number of imidazole rings is 1. The highest BCUT2D eigenvalue weighted by atomic mass is 35.5. The number of amides is 1.